The Bertz CT molecular complexity index is 490. The van der Waals surface area contributed by atoms with E-state index in [2.05, 4.69) is 4.74 Å². The van der Waals surface area contributed by atoms with E-state index in [0.29, 0.717) is 15.0 Å². The summed E-state index contributed by atoms with van der Waals surface area (Å²) in [5.74, 6) is -0.396. The van der Waals surface area contributed by atoms with Crippen LogP contribution < -0.4 is 0 Å². The van der Waals surface area contributed by atoms with Crippen molar-refractivity contribution in [2.45, 2.75) is 0 Å². The molecule has 78 valence electrons. The van der Waals surface area contributed by atoms with Crippen molar-refractivity contribution in [3.8, 4) is 11.5 Å². The Kier molecular flexibility index (Phi) is 2.24. The number of ether oxygens (including phenoxy) is 1. The topological polar surface area (TPSA) is 66.8 Å². The molecule has 4 nitrogen and oxygen atoms in total. The molecule has 0 unspecified atom stereocenters. The van der Waals surface area contributed by atoms with Crippen LogP contribution in [0.4, 0.5) is 0 Å². The summed E-state index contributed by atoms with van der Waals surface area (Å²) in [6.45, 7) is 0. The molecule has 2 aromatic rings. The Morgan fingerprint density at radius 3 is 2.60 bits per heavy atom. The van der Waals surface area contributed by atoms with E-state index in [0.717, 1.165) is 11.3 Å². The number of benzene rings is 1. The number of phenols is 2. The highest BCUT2D eigenvalue weighted by atomic mass is 32.1. The highest BCUT2D eigenvalue weighted by Gasteiger charge is 2.14. The zero-order valence-electron chi connectivity index (χ0n) is 7.85. The molecule has 1 heterocycles. The summed E-state index contributed by atoms with van der Waals surface area (Å²) in [6, 6.07) is 4.27. The van der Waals surface area contributed by atoms with Gasteiger partial charge in [0.05, 0.1) is 11.8 Å². The average molecular weight is 224 g/mol. The summed E-state index contributed by atoms with van der Waals surface area (Å²) in [6.07, 6.45) is 0. The first-order chi connectivity index (χ1) is 7.13. The highest BCUT2D eigenvalue weighted by molar-refractivity contribution is 7.21. The van der Waals surface area contributed by atoms with Gasteiger partial charge in [0.25, 0.3) is 0 Å². The molecule has 0 fully saturated rings. The minimum Gasteiger partial charge on any atom is -0.507 e. The molecule has 0 aliphatic rings. The molecule has 5 heteroatoms. The molecule has 0 amide bonds. The van der Waals surface area contributed by atoms with E-state index in [1.54, 1.807) is 0 Å². The van der Waals surface area contributed by atoms with Crippen molar-refractivity contribution < 1.29 is 19.7 Å². The molecule has 0 aliphatic carbocycles. The number of esters is 1. The third kappa shape index (κ3) is 1.50. The number of thiophene rings is 1. The van der Waals surface area contributed by atoms with E-state index in [1.807, 2.05) is 0 Å². The van der Waals surface area contributed by atoms with Crippen molar-refractivity contribution in [2.75, 3.05) is 7.11 Å². The van der Waals surface area contributed by atoms with Gasteiger partial charge in [-0.25, -0.2) is 4.79 Å². The molecule has 0 bridgehead atoms. The molecule has 1 aromatic heterocycles. The first-order valence-electron chi connectivity index (χ1n) is 4.16. The lowest BCUT2D eigenvalue weighted by atomic mass is 10.2. The number of rotatable bonds is 1. The summed E-state index contributed by atoms with van der Waals surface area (Å²) in [5.41, 5.74) is 0. The zero-order chi connectivity index (χ0) is 11.0. The second-order valence-electron chi connectivity index (χ2n) is 2.95. The number of carbonyl (C=O) groups excluding carboxylic acids is 1. The van der Waals surface area contributed by atoms with Gasteiger partial charge < -0.3 is 14.9 Å². The maximum Gasteiger partial charge on any atom is 0.348 e. The fourth-order valence-corrected chi connectivity index (χ4v) is 2.31. The Hall–Kier alpha value is -1.75. The van der Waals surface area contributed by atoms with Crippen LogP contribution in [0.3, 0.4) is 0 Å². The van der Waals surface area contributed by atoms with Crippen LogP contribution in [0.15, 0.2) is 18.2 Å². The van der Waals surface area contributed by atoms with E-state index in [9.17, 15) is 15.0 Å². The molecule has 0 aliphatic heterocycles. The highest BCUT2D eigenvalue weighted by Crippen LogP contribution is 2.38. The fourth-order valence-electron chi connectivity index (χ4n) is 1.30. The van der Waals surface area contributed by atoms with E-state index in [4.69, 9.17) is 0 Å². The number of hydrogen-bond acceptors (Lipinski definition) is 5. The number of fused-ring (bicyclic) bond motifs is 1. The number of aromatic hydroxyl groups is 2. The molecule has 15 heavy (non-hydrogen) atoms. The maximum absolute atomic E-state index is 11.2. The lowest BCUT2D eigenvalue weighted by Gasteiger charge is -1.95. The molecular weight excluding hydrogens is 216 g/mol. The second kappa shape index (κ2) is 3.43. The van der Waals surface area contributed by atoms with Crippen molar-refractivity contribution >= 4 is 27.4 Å². The van der Waals surface area contributed by atoms with Crippen LogP contribution in [-0.4, -0.2) is 23.3 Å². The van der Waals surface area contributed by atoms with Crippen molar-refractivity contribution in [1.82, 2.24) is 0 Å². The predicted molar refractivity (Wildman–Crippen MR) is 56.5 cm³/mol. The Labute approximate surface area is 89.3 Å². The van der Waals surface area contributed by atoms with Crippen molar-refractivity contribution in [2.24, 2.45) is 0 Å². The standard InChI is InChI=1S/C10H8O4S/c1-14-10(13)8-4-5-6(11)2-3-7(12)9(5)15-8/h2-4,11-12H,1H3. The van der Waals surface area contributed by atoms with Gasteiger partial charge in [0.1, 0.15) is 16.4 Å². The van der Waals surface area contributed by atoms with Crippen molar-refractivity contribution in [1.29, 1.82) is 0 Å². The van der Waals surface area contributed by atoms with Gasteiger partial charge in [-0.15, -0.1) is 11.3 Å². The number of carbonyl (C=O) groups is 1. The van der Waals surface area contributed by atoms with Gasteiger partial charge in [0.2, 0.25) is 0 Å². The van der Waals surface area contributed by atoms with Crippen LogP contribution in [0.1, 0.15) is 9.67 Å². The maximum atomic E-state index is 11.2. The summed E-state index contributed by atoms with van der Waals surface area (Å²) < 4.78 is 5.04. The number of methoxy groups -OCH3 is 1. The van der Waals surface area contributed by atoms with E-state index >= 15 is 0 Å². The smallest absolute Gasteiger partial charge is 0.348 e. The largest absolute Gasteiger partial charge is 0.507 e. The van der Waals surface area contributed by atoms with Crippen molar-refractivity contribution in [3.05, 3.63) is 23.1 Å². The van der Waals surface area contributed by atoms with E-state index < -0.39 is 5.97 Å². The number of hydrogen-bond donors (Lipinski definition) is 2. The molecule has 0 spiro atoms. The molecule has 1 aromatic carbocycles. The second-order valence-corrected chi connectivity index (χ2v) is 4.00. The summed E-state index contributed by atoms with van der Waals surface area (Å²) >= 11 is 1.09. The van der Waals surface area contributed by atoms with Gasteiger partial charge >= 0.3 is 5.97 Å². The zero-order valence-corrected chi connectivity index (χ0v) is 8.67. The minimum atomic E-state index is -0.477. The van der Waals surface area contributed by atoms with Gasteiger partial charge in [0, 0.05) is 5.39 Å². The molecule has 0 radical (unpaired) electrons. The summed E-state index contributed by atoms with van der Waals surface area (Å²) in [7, 11) is 1.28. The third-order valence-electron chi connectivity index (χ3n) is 2.03. The monoisotopic (exact) mass is 224 g/mol. The average Bonchev–Trinajstić information content (AvgIpc) is 2.68. The number of phenolic OH excluding ortho intramolecular Hbond substituents is 2. The Balaban J connectivity index is 2.70. The van der Waals surface area contributed by atoms with Gasteiger partial charge in [0.15, 0.2) is 0 Å². The molecule has 0 saturated carbocycles. The Morgan fingerprint density at radius 2 is 2.00 bits per heavy atom. The first-order valence-corrected chi connectivity index (χ1v) is 4.98. The SMILES string of the molecule is COC(=O)c1cc2c(O)ccc(O)c2s1. The van der Waals surface area contributed by atoms with E-state index in [1.165, 1.54) is 25.3 Å². The molecular formula is C10H8O4S. The molecule has 2 rings (SSSR count). The normalized spacial score (nSPS) is 10.5. The van der Waals surface area contributed by atoms with Crippen LogP contribution in [-0.2, 0) is 4.74 Å². The van der Waals surface area contributed by atoms with Crippen LogP contribution in [0.2, 0.25) is 0 Å². The predicted octanol–water partition coefficient (Wildman–Crippen LogP) is 2.10. The Morgan fingerprint density at radius 1 is 1.33 bits per heavy atom. The summed E-state index contributed by atoms with van der Waals surface area (Å²) in [4.78, 5) is 11.6. The fraction of sp³-hybridized carbons (Fsp3) is 0.100. The minimum absolute atomic E-state index is 0.0363. The van der Waals surface area contributed by atoms with Gasteiger partial charge in [-0.2, -0.15) is 0 Å². The molecule has 0 atom stereocenters. The lowest BCUT2D eigenvalue weighted by molar-refractivity contribution is 0.0606. The van der Waals surface area contributed by atoms with Crippen LogP contribution in [0, 0.1) is 0 Å². The molecule has 0 saturated heterocycles. The first kappa shape index (κ1) is 9.79. The van der Waals surface area contributed by atoms with Crippen LogP contribution in [0.25, 0.3) is 10.1 Å². The molecule has 2 N–H and O–H groups in total. The van der Waals surface area contributed by atoms with Crippen LogP contribution >= 0.6 is 11.3 Å². The summed E-state index contributed by atoms with van der Waals surface area (Å²) in [5, 5.41) is 19.5. The lowest BCUT2D eigenvalue weighted by Crippen LogP contribution is -1.96. The van der Waals surface area contributed by atoms with E-state index in [-0.39, 0.29) is 11.5 Å². The van der Waals surface area contributed by atoms with Gasteiger partial charge in [-0.05, 0) is 18.2 Å². The van der Waals surface area contributed by atoms with Crippen LogP contribution in [0.5, 0.6) is 11.5 Å². The third-order valence-corrected chi connectivity index (χ3v) is 3.16. The van der Waals surface area contributed by atoms with Gasteiger partial charge in [-0.1, -0.05) is 0 Å². The quantitative estimate of drug-likeness (QED) is 0.575. The van der Waals surface area contributed by atoms with Gasteiger partial charge in [-0.3, -0.25) is 0 Å². The van der Waals surface area contributed by atoms with Crippen molar-refractivity contribution in [3.63, 3.8) is 0 Å².